The highest BCUT2D eigenvalue weighted by Gasteiger charge is 2.08. The highest BCUT2D eigenvalue weighted by atomic mass is 16.2. The summed E-state index contributed by atoms with van der Waals surface area (Å²) in [4.78, 5) is 23.4. The monoisotopic (exact) mass is 287 g/mol. The first-order chi connectivity index (χ1) is 10.1. The van der Waals surface area contributed by atoms with Gasteiger partial charge in [0, 0.05) is 17.8 Å². The summed E-state index contributed by atoms with van der Waals surface area (Å²) in [6.07, 6.45) is 6.66. The van der Waals surface area contributed by atoms with E-state index >= 15 is 0 Å². The van der Waals surface area contributed by atoms with Gasteiger partial charge >= 0.3 is 0 Å². The minimum absolute atomic E-state index is 0.0116. The lowest BCUT2D eigenvalue weighted by Gasteiger charge is -2.07. The third-order valence-corrected chi connectivity index (χ3v) is 3.49. The zero-order valence-electron chi connectivity index (χ0n) is 12.0. The summed E-state index contributed by atoms with van der Waals surface area (Å²) in [5, 5.41) is 5.40. The van der Waals surface area contributed by atoms with Crippen LogP contribution in [-0.2, 0) is 4.79 Å². The van der Waals surface area contributed by atoms with Crippen LogP contribution >= 0.6 is 0 Å². The molecule has 0 saturated heterocycles. The Hall–Kier alpha value is -2.30. The molecule has 5 heteroatoms. The number of nitrogens with one attached hydrogen (secondary N) is 2. The number of amides is 2. The molecule has 1 aromatic rings. The lowest BCUT2D eigenvalue weighted by atomic mass is 10.2. The zero-order valence-corrected chi connectivity index (χ0v) is 12.0. The summed E-state index contributed by atoms with van der Waals surface area (Å²) in [6, 6.07) is 6.58. The predicted octanol–water partition coefficient (Wildman–Crippen LogP) is 1.62. The van der Waals surface area contributed by atoms with E-state index in [-0.39, 0.29) is 18.4 Å². The fourth-order valence-corrected chi connectivity index (χ4v) is 2.29. The first kappa shape index (κ1) is 15.1. The second-order valence-corrected chi connectivity index (χ2v) is 5.16. The minimum atomic E-state index is -0.274. The van der Waals surface area contributed by atoms with Gasteiger partial charge in [-0.15, -0.1) is 0 Å². The summed E-state index contributed by atoms with van der Waals surface area (Å²) in [5.41, 5.74) is 8.07. The fraction of sp³-hybridized carbons (Fsp3) is 0.375. The molecule has 0 saturated carbocycles. The van der Waals surface area contributed by atoms with E-state index in [1.807, 2.05) is 0 Å². The molecule has 0 heterocycles. The number of allylic oxidation sites excluding steroid dienone is 1. The number of carbonyl (C=O) groups is 2. The molecule has 0 unspecified atom stereocenters. The van der Waals surface area contributed by atoms with Crippen molar-refractivity contribution in [3.8, 4) is 0 Å². The molecule has 21 heavy (non-hydrogen) atoms. The topological polar surface area (TPSA) is 84.2 Å². The van der Waals surface area contributed by atoms with E-state index in [4.69, 9.17) is 5.73 Å². The molecule has 0 aromatic heterocycles. The van der Waals surface area contributed by atoms with Crippen molar-refractivity contribution in [2.75, 3.05) is 18.8 Å². The summed E-state index contributed by atoms with van der Waals surface area (Å²) < 4.78 is 0. The maximum atomic E-state index is 11.8. The second kappa shape index (κ2) is 7.47. The molecule has 112 valence electrons. The van der Waals surface area contributed by atoms with Crippen LogP contribution in [0.4, 0.5) is 5.69 Å². The Balaban J connectivity index is 1.66. The van der Waals surface area contributed by atoms with E-state index in [0.717, 1.165) is 19.3 Å². The van der Waals surface area contributed by atoms with Crippen molar-refractivity contribution in [2.45, 2.75) is 25.7 Å². The fourth-order valence-electron chi connectivity index (χ4n) is 2.29. The van der Waals surface area contributed by atoms with Crippen LogP contribution in [-0.4, -0.2) is 24.9 Å². The van der Waals surface area contributed by atoms with Crippen molar-refractivity contribution in [2.24, 2.45) is 0 Å². The summed E-state index contributed by atoms with van der Waals surface area (Å²) >= 11 is 0. The second-order valence-electron chi connectivity index (χ2n) is 5.16. The first-order valence-electron chi connectivity index (χ1n) is 7.23. The SMILES string of the molecule is Nc1ccc(C(=O)NCC(=O)NCCC2=CCCC2)cc1. The Morgan fingerprint density at radius 3 is 2.57 bits per heavy atom. The lowest BCUT2D eigenvalue weighted by molar-refractivity contribution is -0.120. The molecule has 0 bridgehead atoms. The molecule has 1 aliphatic rings. The maximum absolute atomic E-state index is 11.8. The summed E-state index contributed by atoms with van der Waals surface area (Å²) in [5.74, 6) is -0.443. The van der Waals surface area contributed by atoms with Crippen LogP contribution in [0.2, 0.25) is 0 Å². The average Bonchev–Trinajstić information content (AvgIpc) is 2.99. The maximum Gasteiger partial charge on any atom is 0.251 e. The Kier molecular flexibility index (Phi) is 5.37. The van der Waals surface area contributed by atoms with E-state index in [9.17, 15) is 9.59 Å². The standard InChI is InChI=1S/C16H21N3O2/c17-14-7-5-13(6-8-14)16(21)19-11-15(20)18-10-9-12-3-1-2-4-12/h3,5-8H,1-2,4,9-11,17H2,(H,18,20)(H,19,21). The number of benzene rings is 1. The van der Waals surface area contributed by atoms with Gasteiger partial charge in [0.25, 0.3) is 5.91 Å². The Bertz CT molecular complexity index is 535. The molecule has 0 spiro atoms. The van der Waals surface area contributed by atoms with Gasteiger partial charge in [0.15, 0.2) is 0 Å². The number of hydrogen-bond acceptors (Lipinski definition) is 3. The Morgan fingerprint density at radius 2 is 1.90 bits per heavy atom. The molecule has 2 amide bonds. The van der Waals surface area contributed by atoms with Gasteiger partial charge < -0.3 is 16.4 Å². The average molecular weight is 287 g/mol. The third-order valence-electron chi connectivity index (χ3n) is 3.49. The van der Waals surface area contributed by atoms with E-state index in [0.29, 0.717) is 17.8 Å². The van der Waals surface area contributed by atoms with Gasteiger partial charge in [0.05, 0.1) is 6.54 Å². The van der Waals surface area contributed by atoms with Gasteiger partial charge in [-0.05, 0) is 49.9 Å². The number of nitrogens with two attached hydrogens (primary N) is 1. The van der Waals surface area contributed by atoms with Crippen molar-refractivity contribution in [3.63, 3.8) is 0 Å². The molecule has 0 fully saturated rings. The third kappa shape index (κ3) is 4.95. The van der Waals surface area contributed by atoms with Crippen molar-refractivity contribution < 1.29 is 9.59 Å². The molecule has 1 aliphatic carbocycles. The van der Waals surface area contributed by atoms with Gasteiger partial charge in [0.2, 0.25) is 5.91 Å². The van der Waals surface area contributed by atoms with Crippen LogP contribution in [0.15, 0.2) is 35.9 Å². The Labute approximate surface area is 124 Å². The summed E-state index contributed by atoms with van der Waals surface area (Å²) in [6.45, 7) is 0.616. The van der Waals surface area contributed by atoms with E-state index in [1.54, 1.807) is 24.3 Å². The summed E-state index contributed by atoms with van der Waals surface area (Å²) in [7, 11) is 0. The molecule has 0 atom stereocenters. The Morgan fingerprint density at radius 1 is 1.14 bits per heavy atom. The highest BCUT2D eigenvalue weighted by Crippen LogP contribution is 2.19. The van der Waals surface area contributed by atoms with Crippen LogP contribution in [0.5, 0.6) is 0 Å². The predicted molar refractivity (Wildman–Crippen MR) is 82.7 cm³/mol. The van der Waals surface area contributed by atoms with Crippen LogP contribution in [0.25, 0.3) is 0 Å². The minimum Gasteiger partial charge on any atom is -0.399 e. The smallest absolute Gasteiger partial charge is 0.251 e. The molecule has 2 rings (SSSR count). The van der Waals surface area contributed by atoms with Crippen LogP contribution in [0, 0.1) is 0 Å². The number of anilines is 1. The number of rotatable bonds is 6. The molecule has 5 nitrogen and oxygen atoms in total. The quantitative estimate of drug-likeness (QED) is 0.549. The highest BCUT2D eigenvalue weighted by molar-refractivity contribution is 5.96. The van der Waals surface area contributed by atoms with Crippen molar-refractivity contribution in [1.29, 1.82) is 0 Å². The van der Waals surface area contributed by atoms with E-state index < -0.39 is 0 Å². The van der Waals surface area contributed by atoms with E-state index in [2.05, 4.69) is 16.7 Å². The number of nitrogen functional groups attached to an aromatic ring is 1. The molecule has 1 aromatic carbocycles. The van der Waals surface area contributed by atoms with E-state index in [1.165, 1.54) is 12.0 Å². The van der Waals surface area contributed by atoms with Gasteiger partial charge in [0.1, 0.15) is 0 Å². The van der Waals surface area contributed by atoms with Crippen molar-refractivity contribution in [1.82, 2.24) is 10.6 Å². The van der Waals surface area contributed by atoms with Gasteiger partial charge in [-0.3, -0.25) is 9.59 Å². The molecular formula is C16H21N3O2. The normalized spacial score (nSPS) is 13.6. The van der Waals surface area contributed by atoms with Crippen molar-refractivity contribution in [3.05, 3.63) is 41.5 Å². The molecule has 0 aliphatic heterocycles. The zero-order chi connectivity index (χ0) is 15.1. The van der Waals surface area contributed by atoms with Crippen LogP contribution < -0.4 is 16.4 Å². The largest absolute Gasteiger partial charge is 0.399 e. The van der Waals surface area contributed by atoms with Crippen LogP contribution in [0.3, 0.4) is 0 Å². The molecule has 0 radical (unpaired) electrons. The molecule has 4 N–H and O–H groups in total. The number of hydrogen-bond donors (Lipinski definition) is 3. The molecular weight excluding hydrogens is 266 g/mol. The van der Waals surface area contributed by atoms with Crippen molar-refractivity contribution >= 4 is 17.5 Å². The van der Waals surface area contributed by atoms with Gasteiger partial charge in [-0.2, -0.15) is 0 Å². The first-order valence-corrected chi connectivity index (χ1v) is 7.23. The van der Waals surface area contributed by atoms with Crippen LogP contribution in [0.1, 0.15) is 36.0 Å². The lowest BCUT2D eigenvalue weighted by Crippen LogP contribution is -2.37. The number of carbonyl (C=O) groups excluding carboxylic acids is 2. The van der Waals surface area contributed by atoms with Gasteiger partial charge in [-0.1, -0.05) is 11.6 Å². The van der Waals surface area contributed by atoms with Gasteiger partial charge in [-0.25, -0.2) is 0 Å².